The van der Waals surface area contributed by atoms with Gasteiger partial charge in [0, 0.05) is 32.2 Å². The monoisotopic (exact) mass is 467 g/mol. The lowest BCUT2D eigenvalue weighted by Gasteiger charge is -2.29. The summed E-state index contributed by atoms with van der Waals surface area (Å²) >= 11 is 0. The number of esters is 1. The first-order valence-electron chi connectivity index (χ1n) is 11.6. The summed E-state index contributed by atoms with van der Waals surface area (Å²) in [5, 5.41) is 0. The Balaban J connectivity index is 1.45. The van der Waals surface area contributed by atoms with Crippen LogP contribution < -0.4 is 11.4 Å². The maximum Gasteiger partial charge on any atom is 0.327 e. The maximum absolute atomic E-state index is 12.5. The third-order valence-corrected chi connectivity index (χ3v) is 6.46. The van der Waals surface area contributed by atoms with Crippen LogP contribution in [0.3, 0.4) is 0 Å². The van der Waals surface area contributed by atoms with Crippen molar-refractivity contribution in [1.82, 2.24) is 29.3 Å². The van der Waals surface area contributed by atoms with E-state index in [-0.39, 0.29) is 18.1 Å². The largest absolute Gasteiger partial charge is 0.469 e. The van der Waals surface area contributed by atoms with Crippen molar-refractivity contribution < 1.29 is 9.53 Å². The molecule has 34 heavy (non-hydrogen) atoms. The van der Waals surface area contributed by atoms with Crippen molar-refractivity contribution in [1.29, 1.82) is 0 Å². The summed E-state index contributed by atoms with van der Waals surface area (Å²) in [6.07, 6.45) is 2.20. The predicted molar refractivity (Wildman–Crippen MR) is 130 cm³/mol. The number of imidazole rings is 1. The molecule has 1 aliphatic rings. The van der Waals surface area contributed by atoms with E-state index in [0.717, 1.165) is 44.6 Å². The van der Waals surface area contributed by atoms with Crippen LogP contribution in [-0.4, -0.2) is 75.1 Å². The van der Waals surface area contributed by atoms with Crippen molar-refractivity contribution >= 4 is 23.0 Å². The SMILES string of the molecule is COC(=O)Cc1ccc(CN(CCCn2c(=O)[nH]c3c(N)nc(C)nc32)[C@H]2CCN(C)C2)cc1. The number of fused-ring (bicyclic) bond motifs is 1. The zero-order chi connectivity index (χ0) is 24.2. The zero-order valence-electron chi connectivity index (χ0n) is 20.1. The van der Waals surface area contributed by atoms with Gasteiger partial charge in [-0.15, -0.1) is 0 Å². The molecule has 0 amide bonds. The summed E-state index contributed by atoms with van der Waals surface area (Å²) in [4.78, 5) is 40.3. The number of nitrogen functional groups attached to an aromatic ring is 1. The van der Waals surface area contributed by atoms with Crippen molar-refractivity contribution in [2.75, 3.05) is 39.5 Å². The number of rotatable bonds is 9. The molecule has 10 nitrogen and oxygen atoms in total. The van der Waals surface area contributed by atoms with Gasteiger partial charge in [0.1, 0.15) is 11.3 Å². The van der Waals surface area contributed by atoms with Crippen LogP contribution in [0.5, 0.6) is 0 Å². The number of hydrogen-bond donors (Lipinski definition) is 2. The zero-order valence-corrected chi connectivity index (χ0v) is 20.1. The Morgan fingerprint density at radius 3 is 2.68 bits per heavy atom. The van der Waals surface area contributed by atoms with Gasteiger partial charge in [0.25, 0.3) is 0 Å². The second-order valence-corrected chi connectivity index (χ2v) is 9.03. The fourth-order valence-corrected chi connectivity index (χ4v) is 4.64. The normalized spacial score (nSPS) is 16.5. The van der Waals surface area contributed by atoms with Gasteiger partial charge in [-0.05, 0) is 44.5 Å². The van der Waals surface area contributed by atoms with Crippen LogP contribution in [0.2, 0.25) is 0 Å². The van der Waals surface area contributed by atoms with E-state index >= 15 is 0 Å². The molecule has 1 fully saturated rings. The Bertz CT molecular complexity index is 1200. The van der Waals surface area contributed by atoms with Gasteiger partial charge in [0.2, 0.25) is 0 Å². The van der Waals surface area contributed by atoms with E-state index in [1.54, 1.807) is 11.5 Å². The molecule has 4 rings (SSSR count). The first-order chi connectivity index (χ1) is 16.3. The molecule has 3 aromatic rings. The first-order valence-corrected chi connectivity index (χ1v) is 11.6. The average molecular weight is 468 g/mol. The molecule has 0 unspecified atom stereocenters. The fraction of sp³-hybridized carbons (Fsp3) is 0.500. The van der Waals surface area contributed by atoms with Crippen LogP contribution in [0, 0.1) is 6.92 Å². The molecular weight excluding hydrogens is 434 g/mol. The Hall–Kier alpha value is -3.24. The van der Waals surface area contributed by atoms with E-state index in [1.165, 1.54) is 12.7 Å². The number of carbonyl (C=O) groups is 1. The number of carbonyl (C=O) groups excluding carboxylic acids is 1. The highest BCUT2D eigenvalue weighted by Gasteiger charge is 2.25. The number of aryl methyl sites for hydroxylation is 2. The lowest BCUT2D eigenvalue weighted by atomic mass is 10.1. The fourth-order valence-electron chi connectivity index (χ4n) is 4.64. The molecule has 0 saturated carbocycles. The molecule has 1 aliphatic heterocycles. The lowest BCUT2D eigenvalue weighted by molar-refractivity contribution is -0.139. The average Bonchev–Trinajstić information content (AvgIpc) is 3.37. The number of likely N-dealkylation sites (tertiary alicyclic amines) is 1. The third-order valence-electron chi connectivity index (χ3n) is 6.46. The molecule has 1 aromatic carbocycles. The Morgan fingerprint density at radius 2 is 2.00 bits per heavy atom. The van der Waals surface area contributed by atoms with Crippen molar-refractivity contribution in [3.8, 4) is 0 Å². The van der Waals surface area contributed by atoms with Crippen LogP contribution in [-0.2, 0) is 29.0 Å². The Labute approximate surface area is 198 Å². The van der Waals surface area contributed by atoms with Crippen LogP contribution in [0.25, 0.3) is 11.2 Å². The number of benzene rings is 1. The number of hydrogen-bond acceptors (Lipinski definition) is 8. The molecular formula is C24H33N7O3. The number of nitrogens with one attached hydrogen (secondary N) is 1. The number of nitrogens with two attached hydrogens (primary N) is 1. The van der Waals surface area contributed by atoms with E-state index in [9.17, 15) is 9.59 Å². The molecule has 0 bridgehead atoms. The first kappa shape index (κ1) is 23.9. The van der Waals surface area contributed by atoms with Crippen LogP contribution >= 0.6 is 0 Å². The molecule has 3 heterocycles. The molecule has 0 radical (unpaired) electrons. The summed E-state index contributed by atoms with van der Waals surface area (Å²) in [5.74, 6) is 0.603. The number of H-pyrrole nitrogens is 1. The Morgan fingerprint density at radius 1 is 1.26 bits per heavy atom. The molecule has 1 atom stereocenters. The summed E-state index contributed by atoms with van der Waals surface area (Å²) in [6, 6.07) is 8.60. The summed E-state index contributed by atoms with van der Waals surface area (Å²) < 4.78 is 6.41. The van der Waals surface area contributed by atoms with Gasteiger partial charge >= 0.3 is 11.7 Å². The Kier molecular flexibility index (Phi) is 7.28. The molecule has 2 aromatic heterocycles. The number of aromatic nitrogens is 4. The minimum atomic E-state index is -0.238. The highest BCUT2D eigenvalue weighted by Crippen LogP contribution is 2.19. The second-order valence-electron chi connectivity index (χ2n) is 9.03. The molecule has 182 valence electrons. The minimum absolute atomic E-state index is 0.213. The molecule has 0 spiro atoms. The summed E-state index contributed by atoms with van der Waals surface area (Å²) in [5.41, 5.74) is 8.95. The van der Waals surface area contributed by atoms with Gasteiger partial charge in [-0.1, -0.05) is 24.3 Å². The second kappa shape index (κ2) is 10.4. The topological polar surface area (TPSA) is 122 Å². The van der Waals surface area contributed by atoms with Crippen molar-refractivity contribution in [3.05, 3.63) is 51.7 Å². The summed E-state index contributed by atoms with van der Waals surface area (Å²) in [7, 11) is 3.55. The summed E-state index contributed by atoms with van der Waals surface area (Å²) in [6.45, 7) is 6.08. The van der Waals surface area contributed by atoms with Crippen LogP contribution in [0.4, 0.5) is 5.82 Å². The quantitative estimate of drug-likeness (QED) is 0.452. The molecule has 10 heteroatoms. The minimum Gasteiger partial charge on any atom is -0.469 e. The van der Waals surface area contributed by atoms with E-state index in [2.05, 4.69) is 43.9 Å². The van der Waals surface area contributed by atoms with E-state index in [4.69, 9.17) is 10.5 Å². The predicted octanol–water partition coefficient (Wildman–Crippen LogP) is 1.32. The van der Waals surface area contributed by atoms with Gasteiger partial charge in [0.05, 0.1) is 13.5 Å². The number of anilines is 1. The van der Waals surface area contributed by atoms with E-state index < -0.39 is 0 Å². The number of aromatic amines is 1. The number of ether oxygens (including phenoxy) is 1. The van der Waals surface area contributed by atoms with Gasteiger partial charge in [-0.3, -0.25) is 14.3 Å². The standard InChI is InChI=1S/C24H33N7O3/c1-16-26-22(25)21-23(27-16)31(24(33)28-21)11-4-10-30(19-9-12-29(2)15-19)14-18-7-5-17(6-8-18)13-20(32)34-3/h5-8,19H,4,9-15H2,1-3H3,(H,28,33)(H2,25,26,27)/t19-/m0/s1. The van der Waals surface area contributed by atoms with Gasteiger partial charge in [-0.2, -0.15) is 0 Å². The smallest absolute Gasteiger partial charge is 0.327 e. The van der Waals surface area contributed by atoms with E-state index in [0.29, 0.717) is 35.4 Å². The van der Waals surface area contributed by atoms with E-state index in [1.807, 2.05) is 12.1 Å². The van der Waals surface area contributed by atoms with Crippen LogP contribution in [0.1, 0.15) is 29.8 Å². The van der Waals surface area contributed by atoms with Crippen LogP contribution in [0.15, 0.2) is 29.1 Å². The number of methoxy groups -OCH3 is 1. The molecule has 0 aliphatic carbocycles. The highest BCUT2D eigenvalue weighted by atomic mass is 16.5. The lowest BCUT2D eigenvalue weighted by Crippen LogP contribution is -2.38. The van der Waals surface area contributed by atoms with Gasteiger partial charge in [-0.25, -0.2) is 14.8 Å². The third kappa shape index (κ3) is 5.45. The van der Waals surface area contributed by atoms with Crippen molar-refractivity contribution in [3.63, 3.8) is 0 Å². The van der Waals surface area contributed by atoms with Crippen molar-refractivity contribution in [2.24, 2.45) is 0 Å². The highest BCUT2D eigenvalue weighted by molar-refractivity contribution is 5.81. The maximum atomic E-state index is 12.5. The molecule has 1 saturated heterocycles. The van der Waals surface area contributed by atoms with Crippen molar-refractivity contribution in [2.45, 2.75) is 45.3 Å². The van der Waals surface area contributed by atoms with Gasteiger partial charge in [0.15, 0.2) is 11.5 Å². The number of likely N-dealkylation sites (N-methyl/N-ethyl adjacent to an activating group) is 1. The van der Waals surface area contributed by atoms with Gasteiger partial charge < -0.3 is 20.4 Å². The molecule has 3 N–H and O–H groups in total. The number of nitrogens with zero attached hydrogens (tertiary/aromatic N) is 5.